The van der Waals surface area contributed by atoms with Crippen molar-refractivity contribution in [3.63, 3.8) is 0 Å². The molecule has 2 aromatic rings. The van der Waals surface area contributed by atoms with Gasteiger partial charge < -0.3 is 5.11 Å². The van der Waals surface area contributed by atoms with Crippen molar-refractivity contribution in [2.75, 3.05) is 0 Å². The van der Waals surface area contributed by atoms with Gasteiger partial charge in [-0.3, -0.25) is 4.21 Å². The lowest BCUT2D eigenvalue weighted by atomic mass is 10.1. The van der Waals surface area contributed by atoms with Crippen molar-refractivity contribution >= 4 is 16.8 Å². The van der Waals surface area contributed by atoms with Gasteiger partial charge in [0.1, 0.15) is 5.82 Å². The molecule has 0 radical (unpaired) electrons. The largest absolute Gasteiger partial charge is 0.478 e. The fraction of sp³-hybridized carbons (Fsp3) is 0.0714. The molecule has 0 saturated heterocycles. The van der Waals surface area contributed by atoms with Crippen molar-refractivity contribution < 1.29 is 18.5 Å². The molecule has 1 atom stereocenters. The number of hydrogen-bond donors (Lipinski definition) is 1. The molecule has 98 valence electrons. The van der Waals surface area contributed by atoms with Gasteiger partial charge in [-0.15, -0.1) is 0 Å². The van der Waals surface area contributed by atoms with E-state index in [4.69, 9.17) is 5.11 Å². The fourth-order valence-corrected chi connectivity index (χ4v) is 2.72. The van der Waals surface area contributed by atoms with Crippen molar-refractivity contribution in [3.8, 4) is 0 Å². The van der Waals surface area contributed by atoms with Crippen LogP contribution in [0.3, 0.4) is 0 Å². The average Bonchev–Trinajstić information content (AvgIpc) is 2.39. The maximum absolute atomic E-state index is 13.0. The fourth-order valence-electron chi connectivity index (χ4n) is 1.59. The maximum atomic E-state index is 13.0. The molecular formula is C14H11FO3S. The minimum atomic E-state index is -1.35. The molecule has 19 heavy (non-hydrogen) atoms. The van der Waals surface area contributed by atoms with E-state index < -0.39 is 22.6 Å². The van der Waals surface area contributed by atoms with Crippen LogP contribution in [0, 0.1) is 5.82 Å². The molecule has 0 fully saturated rings. The van der Waals surface area contributed by atoms with Crippen LogP contribution in [0.2, 0.25) is 0 Å². The zero-order chi connectivity index (χ0) is 13.8. The summed E-state index contributed by atoms with van der Waals surface area (Å²) in [5, 5.41) is 8.76. The number of carboxylic acid groups (broad SMARTS) is 1. The summed E-state index contributed by atoms with van der Waals surface area (Å²) in [6.45, 7) is 0. The van der Waals surface area contributed by atoms with Crippen LogP contribution >= 0.6 is 0 Å². The molecule has 0 aliphatic carbocycles. The first-order chi connectivity index (χ1) is 9.06. The van der Waals surface area contributed by atoms with E-state index in [0.29, 0.717) is 4.90 Å². The third kappa shape index (κ3) is 3.48. The standard InChI is InChI=1S/C14H11FO3S/c15-12-2-1-3-13(8-12)19(18)9-10-4-6-11(7-5-10)14(16)17/h1-8H,9H2,(H,16,17). The van der Waals surface area contributed by atoms with Crippen LogP contribution in [0.1, 0.15) is 15.9 Å². The van der Waals surface area contributed by atoms with E-state index in [1.807, 2.05) is 0 Å². The highest BCUT2D eigenvalue weighted by molar-refractivity contribution is 7.84. The Hall–Kier alpha value is -2.01. The van der Waals surface area contributed by atoms with Crippen molar-refractivity contribution in [1.82, 2.24) is 0 Å². The van der Waals surface area contributed by atoms with Gasteiger partial charge in [0.2, 0.25) is 0 Å². The van der Waals surface area contributed by atoms with Crippen LogP contribution in [-0.2, 0) is 16.6 Å². The summed E-state index contributed by atoms with van der Waals surface area (Å²) < 4.78 is 25.0. The van der Waals surface area contributed by atoms with Gasteiger partial charge in [-0.05, 0) is 35.9 Å². The summed E-state index contributed by atoms with van der Waals surface area (Å²) in [5.74, 6) is -1.20. The van der Waals surface area contributed by atoms with Crippen LogP contribution in [0.25, 0.3) is 0 Å². The minimum absolute atomic E-state index is 0.181. The van der Waals surface area contributed by atoms with E-state index >= 15 is 0 Å². The lowest BCUT2D eigenvalue weighted by Crippen LogP contribution is -1.99. The van der Waals surface area contributed by atoms with Crippen LogP contribution in [0.4, 0.5) is 4.39 Å². The Morgan fingerprint density at radius 3 is 2.42 bits per heavy atom. The van der Waals surface area contributed by atoms with E-state index in [0.717, 1.165) is 5.56 Å². The molecule has 2 aromatic carbocycles. The molecule has 1 unspecified atom stereocenters. The van der Waals surface area contributed by atoms with Gasteiger partial charge in [0.25, 0.3) is 0 Å². The second-order valence-corrected chi connectivity index (χ2v) is 5.40. The van der Waals surface area contributed by atoms with Gasteiger partial charge >= 0.3 is 5.97 Å². The van der Waals surface area contributed by atoms with Gasteiger partial charge in [-0.25, -0.2) is 9.18 Å². The molecule has 0 aliphatic rings. The summed E-state index contributed by atoms with van der Waals surface area (Å²) in [4.78, 5) is 11.1. The maximum Gasteiger partial charge on any atom is 0.335 e. The topological polar surface area (TPSA) is 54.4 Å². The minimum Gasteiger partial charge on any atom is -0.478 e. The Bertz CT molecular complexity index is 623. The van der Waals surface area contributed by atoms with Crippen molar-refractivity contribution in [2.45, 2.75) is 10.6 Å². The Kier molecular flexibility index (Phi) is 4.06. The van der Waals surface area contributed by atoms with Crippen molar-refractivity contribution in [3.05, 3.63) is 65.5 Å². The van der Waals surface area contributed by atoms with Gasteiger partial charge in [0.15, 0.2) is 0 Å². The SMILES string of the molecule is O=C(O)c1ccc(CS(=O)c2cccc(F)c2)cc1. The summed E-state index contributed by atoms with van der Waals surface area (Å²) in [6.07, 6.45) is 0. The van der Waals surface area contributed by atoms with Gasteiger partial charge in [0, 0.05) is 4.90 Å². The van der Waals surface area contributed by atoms with Gasteiger partial charge in [0.05, 0.1) is 22.1 Å². The number of halogens is 1. The number of carbonyl (C=O) groups is 1. The third-order valence-electron chi connectivity index (χ3n) is 2.56. The molecule has 2 rings (SSSR count). The lowest BCUT2D eigenvalue weighted by molar-refractivity contribution is 0.0697. The van der Waals surface area contributed by atoms with Crippen molar-refractivity contribution in [1.29, 1.82) is 0 Å². The van der Waals surface area contributed by atoms with Gasteiger partial charge in [-0.2, -0.15) is 0 Å². The molecule has 3 nitrogen and oxygen atoms in total. The molecule has 1 N–H and O–H groups in total. The highest BCUT2D eigenvalue weighted by Crippen LogP contribution is 2.14. The van der Waals surface area contributed by atoms with E-state index in [1.54, 1.807) is 18.2 Å². The second-order valence-electron chi connectivity index (χ2n) is 3.95. The molecule has 0 saturated carbocycles. The number of benzene rings is 2. The molecular weight excluding hydrogens is 267 g/mol. The lowest BCUT2D eigenvalue weighted by Gasteiger charge is -2.03. The number of aromatic carboxylic acids is 1. The Balaban J connectivity index is 2.13. The Labute approximate surface area is 112 Å². The summed E-state index contributed by atoms with van der Waals surface area (Å²) in [6, 6.07) is 11.8. The summed E-state index contributed by atoms with van der Waals surface area (Å²) in [5.41, 5.74) is 0.924. The first-order valence-electron chi connectivity index (χ1n) is 5.52. The zero-order valence-corrected chi connectivity index (χ0v) is 10.7. The molecule has 0 aromatic heterocycles. The van der Waals surface area contributed by atoms with Gasteiger partial charge in [-0.1, -0.05) is 18.2 Å². The highest BCUT2D eigenvalue weighted by atomic mass is 32.2. The van der Waals surface area contributed by atoms with Crippen LogP contribution < -0.4 is 0 Å². The predicted octanol–water partition coefficient (Wildman–Crippen LogP) is 2.83. The highest BCUT2D eigenvalue weighted by Gasteiger charge is 2.07. The number of hydrogen-bond acceptors (Lipinski definition) is 2. The quantitative estimate of drug-likeness (QED) is 0.935. The normalized spacial score (nSPS) is 12.1. The van der Waals surface area contributed by atoms with Crippen molar-refractivity contribution in [2.24, 2.45) is 0 Å². The Morgan fingerprint density at radius 1 is 1.16 bits per heavy atom. The molecule has 5 heteroatoms. The van der Waals surface area contributed by atoms with E-state index in [9.17, 15) is 13.4 Å². The van der Waals surface area contributed by atoms with Crippen LogP contribution in [-0.4, -0.2) is 15.3 Å². The molecule has 0 spiro atoms. The second kappa shape index (κ2) is 5.75. The molecule has 0 heterocycles. The molecule has 0 amide bonds. The van der Waals surface area contributed by atoms with Crippen LogP contribution in [0.5, 0.6) is 0 Å². The third-order valence-corrected chi connectivity index (χ3v) is 3.93. The molecule has 0 aliphatic heterocycles. The Morgan fingerprint density at radius 2 is 1.84 bits per heavy atom. The number of rotatable bonds is 4. The molecule has 0 bridgehead atoms. The smallest absolute Gasteiger partial charge is 0.335 e. The first kappa shape index (κ1) is 13.4. The predicted molar refractivity (Wildman–Crippen MR) is 69.9 cm³/mol. The monoisotopic (exact) mass is 278 g/mol. The number of carboxylic acids is 1. The first-order valence-corrected chi connectivity index (χ1v) is 6.84. The average molecular weight is 278 g/mol. The van der Waals surface area contributed by atoms with E-state index in [-0.39, 0.29) is 11.3 Å². The zero-order valence-electron chi connectivity index (χ0n) is 9.88. The van der Waals surface area contributed by atoms with Crippen LogP contribution in [0.15, 0.2) is 53.4 Å². The summed E-state index contributed by atoms with van der Waals surface area (Å²) in [7, 11) is -1.35. The van der Waals surface area contributed by atoms with E-state index in [1.165, 1.54) is 30.3 Å². The van der Waals surface area contributed by atoms with E-state index in [2.05, 4.69) is 0 Å². The summed E-state index contributed by atoms with van der Waals surface area (Å²) >= 11 is 0.